The lowest BCUT2D eigenvalue weighted by molar-refractivity contribution is -0.142. The van der Waals surface area contributed by atoms with Crippen LogP contribution in [0.15, 0.2) is 35.3 Å². The van der Waals surface area contributed by atoms with Crippen molar-refractivity contribution in [2.45, 2.75) is 84.0 Å². The molecule has 0 radical (unpaired) electrons. The lowest BCUT2D eigenvalue weighted by Gasteiger charge is -2.26. The average Bonchev–Trinajstić information content (AvgIpc) is 2.84. The van der Waals surface area contributed by atoms with E-state index in [-0.39, 0.29) is 43.6 Å². The number of hydrogen-bond donors (Lipinski definition) is 7. The first-order valence-corrected chi connectivity index (χ1v) is 13.3. The Bertz CT molecular complexity index is 965. The molecule has 4 atom stereocenters. The zero-order valence-corrected chi connectivity index (χ0v) is 23.4. The van der Waals surface area contributed by atoms with E-state index in [1.54, 1.807) is 0 Å². The van der Waals surface area contributed by atoms with Gasteiger partial charge in [-0.2, -0.15) is 0 Å². The van der Waals surface area contributed by atoms with Gasteiger partial charge >= 0.3 is 5.97 Å². The van der Waals surface area contributed by atoms with Gasteiger partial charge in [-0.3, -0.25) is 19.4 Å². The Morgan fingerprint density at radius 2 is 1.36 bits per heavy atom. The van der Waals surface area contributed by atoms with Crippen LogP contribution in [-0.2, 0) is 25.6 Å². The fourth-order valence-electron chi connectivity index (χ4n) is 3.96. The van der Waals surface area contributed by atoms with Gasteiger partial charge in [0, 0.05) is 13.0 Å². The van der Waals surface area contributed by atoms with Crippen LogP contribution < -0.4 is 33.2 Å². The molecular weight excluding hydrogens is 502 g/mol. The second-order valence-corrected chi connectivity index (χ2v) is 10.5. The highest BCUT2D eigenvalue weighted by molar-refractivity contribution is 5.94. The van der Waals surface area contributed by atoms with Gasteiger partial charge in [0.05, 0.1) is 6.04 Å². The lowest BCUT2D eigenvalue weighted by Crippen LogP contribution is -2.57. The monoisotopic (exact) mass is 547 g/mol. The molecule has 0 saturated carbocycles. The number of guanidine groups is 1. The number of hydrogen-bond acceptors (Lipinski definition) is 6. The topological polar surface area (TPSA) is 215 Å². The van der Waals surface area contributed by atoms with Gasteiger partial charge in [-0.1, -0.05) is 58.0 Å². The molecule has 1 aromatic carbocycles. The van der Waals surface area contributed by atoms with Crippen molar-refractivity contribution >= 4 is 29.7 Å². The number of carbonyl (C=O) groups excluding carboxylic acids is 3. The van der Waals surface area contributed by atoms with Crippen LogP contribution in [0.4, 0.5) is 0 Å². The van der Waals surface area contributed by atoms with Crippen LogP contribution in [0.2, 0.25) is 0 Å². The third kappa shape index (κ3) is 13.6. The maximum atomic E-state index is 13.5. The summed E-state index contributed by atoms with van der Waals surface area (Å²) >= 11 is 0. The van der Waals surface area contributed by atoms with Crippen molar-refractivity contribution in [2.75, 3.05) is 6.54 Å². The molecule has 0 aliphatic carbocycles. The first-order valence-electron chi connectivity index (χ1n) is 13.3. The molecule has 4 unspecified atom stereocenters. The predicted molar refractivity (Wildman–Crippen MR) is 150 cm³/mol. The highest BCUT2D eigenvalue weighted by Gasteiger charge is 2.30. The Kier molecular flexibility index (Phi) is 14.6. The Morgan fingerprint density at radius 1 is 0.821 bits per heavy atom. The standard InChI is InChI=1S/C27H45N7O5/c1-16(2)13-19(28)23(35)33-21(15-18-9-6-5-7-10-18)25(37)32-20(11-8-12-31-27(29)30)24(36)34-22(26(38)39)14-17(3)4/h5-7,9-10,16-17,19-22H,8,11-15,28H2,1-4H3,(H,32,37)(H,33,35)(H,34,36)(H,38,39)(H4,29,30,31). The highest BCUT2D eigenvalue weighted by atomic mass is 16.4. The Labute approximate surface area is 230 Å². The van der Waals surface area contributed by atoms with E-state index in [4.69, 9.17) is 17.2 Å². The van der Waals surface area contributed by atoms with E-state index in [2.05, 4.69) is 20.9 Å². The fraction of sp³-hybridized carbons (Fsp3) is 0.593. The summed E-state index contributed by atoms with van der Waals surface area (Å²) in [5.74, 6) is -2.80. The van der Waals surface area contributed by atoms with Crippen molar-refractivity contribution in [3.05, 3.63) is 35.9 Å². The van der Waals surface area contributed by atoms with E-state index < -0.39 is 47.9 Å². The van der Waals surface area contributed by atoms with Crippen LogP contribution in [0.1, 0.15) is 58.9 Å². The van der Waals surface area contributed by atoms with Crippen molar-refractivity contribution in [3.8, 4) is 0 Å². The second kappa shape index (κ2) is 17.0. The molecule has 0 heterocycles. The summed E-state index contributed by atoms with van der Waals surface area (Å²) < 4.78 is 0. The number of benzene rings is 1. The van der Waals surface area contributed by atoms with Crippen LogP contribution in [-0.4, -0.2) is 65.5 Å². The van der Waals surface area contributed by atoms with Gasteiger partial charge in [0.15, 0.2) is 5.96 Å². The van der Waals surface area contributed by atoms with Crippen LogP contribution in [0, 0.1) is 11.8 Å². The summed E-state index contributed by atoms with van der Waals surface area (Å²) in [6, 6.07) is 5.09. The molecule has 0 spiro atoms. The number of nitrogens with two attached hydrogens (primary N) is 3. The third-order valence-corrected chi connectivity index (χ3v) is 5.88. The molecule has 0 fully saturated rings. The molecule has 0 bridgehead atoms. The normalized spacial score (nSPS) is 14.1. The number of rotatable bonds is 17. The minimum atomic E-state index is -1.17. The Hall–Kier alpha value is -3.67. The van der Waals surface area contributed by atoms with Gasteiger partial charge in [0.25, 0.3) is 0 Å². The van der Waals surface area contributed by atoms with Gasteiger partial charge in [-0.05, 0) is 43.1 Å². The molecule has 0 saturated heterocycles. The summed E-state index contributed by atoms with van der Waals surface area (Å²) in [5, 5.41) is 17.5. The quantitative estimate of drug-likeness (QED) is 0.0812. The molecule has 1 rings (SSSR count). The fourth-order valence-corrected chi connectivity index (χ4v) is 3.96. The van der Waals surface area contributed by atoms with Crippen molar-refractivity contribution in [1.82, 2.24) is 16.0 Å². The number of carbonyl (C=O) groups is 4. The molecular formula is C27H45N7O5. The van der Waals surface area contributed by atoms with E-state index in [1.165, 1.54) is 0 Å². The van der Waals surface area contributed by atoms with Gasteiger partial charge in [-0.25, -0.2) is 4.79 Å². The van der Waals surface area contributed by atoms with Crippen molar-refractivity contribution in [1.29, 1.82) is 0 Å². The molecule has 12 heteroatoms. The molecule has 3 amide bonds. The molecule has 10 N–H and O–H groups in total. The molecule has 39 heavy (non-hydrogen) atoms. The molecule has 218 valence electrons. The SMILES string of the molecule is CC(C)CC(N)C(=O)NC(Cc1ccccc1)C(=O)NC(CCCN=C(N)N)C(=O)NC(CC(C)C)C(=O)O. The predicted octanol–water partition coefficient (Wildman–Crippen LogP) is 0.241. The number of nitrogens with one attached hydrogen (secondary N) is 3. The number of aliphatic imine (C=N–C) groups is 1. The van der Waals surface area contributed by atoms with Crippen molar-refractivity contribution in [2.24, 2.45) is 34.0 Å². The molecule has 0 aliphatic rings. The highest BCUT2D eigenvalue weighted by Crippen LogP contribution is 2.10. The molecule has 1 aromatic rings. The van der Waals surface area contributed by atoms with E-state index in [1.807, 2.05) is 58.0 Å². The number of amides is 3. The van der Waals surface area contributed by atoms with Gasteiger partial charge < -0.3 is 38.3 Å². The summed E-state index contributed by atoms with van der Waals surface area (Å²) in [5.41, 5.74) is 17.6. The zero-order valence-electron chi connectivity index (χ0n) is 23.4. The van der Waals surface area contributed by atoms with E-state index in [9.17, 15) is 24.3 Å². The number of carboxylic acids is 1. The molecule has 0 aromatic heterocycles. The largest absolute Gasteiger partial charge is 0.480 e. The summed E-state index contributed by atoms with van der Waals surface area (Å²) in [4.78, 5) is 55.0. The third-order valence-electron chi connectivity index (χ3n) is 5.88. The zero-order chi connectivity index (χ0) is 29.5. The van der Waals surface area contributed by atoms with Crippen LogP contribution in [0.3, 0.4) is 0 Å². The maximum absolute atomic E-state index is 13.5. The molecule has 12 nitrogen and oxygen atoms in total. The Balaban J connectivity index is 3.15. The number of nitrogens with zero attached hydrogens (tertiary/aromatic N) is 1. The smallest absolute Gasteiger partial charge is 0.326 e. The summed E-state index contributed by atoms with van der Waals surface area (Å²) in [7, 11) is 0. The van der Waals surface area contributed by atoms with E-state index in [0.29, 0.717) is 12.8 Å². The first-order chi connectivity index (χ1) is 18.3. The van der Waals surface area contributed by atoms with Crippen molar-refractivity contribution < 1.29 is 24.3 Å². The van der Waals surface area contributed by atoms with Crippen LogP contribution in [0.25, 0.3) is 0 Å². The van der Waals surface area contributed by atoms with Gasteiger partial charge in [0.2, 0.25) is 17.7 Å². The molecule has 0 aliphatic heterocycles. The summed E-state index contributed by atoms with van der Waals surface area (Å²) in [6.07, 6.45) is 1.30. The number of carboxylic acid groups (broad SMARTS) is 1. The van der Waals surface area contributed by atoms with Crippen LogP contribution >= 0.6 is 0 Å². The van der Waals surface area contributed by atoms with E-state index >= 15 is 0 Å². The lowest BCUT2D eigenvalue weighted by atomic mass is 10.0. The average molecular weight is 548 g/mol. The minimum Gasteiger partial charge on any atom is -0.480 e. The van der Waals surface area contributed by atoms with Gasteiger partial charge in [-0.15, -0.1) is 0 Å². The van der Waals surface area contributed by atoms with Gasteiger partial charge in [0.1, 0.15) is 18.1 Å². The second-order valence-electron chi connectivity index (χ2n) is 10.5. The first kappa shape index (κ1) is 33.4. The Morgan fingerprint density at radius 3 is 1.90 bits per heavy atom. The van der Waals surface area contributed by atoms with E-state index in [0.717, 1.165) is 5.56 Å². The summed E-state index contributed by atoms with van der Waals surface area (Å²) in [6.45, 7) is 7.78. The maximum Gasteiger partial charge on any atom is 0.326 e. The minimum absolute atomic E-state index is 0.0156. The van der Waals surface area contributed by atoms with Crippen LogP contribution in [0.5, 0.6) is 0 Å². The van der Waals surface area contributed by atoms with Crippen molar-refractivity contribution in [3.63, 3.8) is 0 Å². The number of aliphatic carboxylic acids is 1.